The zero-order chi connectivity index (χ0) is 25.2. The van der Waals surface area contributed by atoms with Gasteiger partial charge in [-0.05, 0) is 74.7 Å². The zero-order valence-corrected chi connectivity index (χ0v) is 23.5. The number of hydrogen-bond acceptors (Lipinski definition) is 5. The summed E-state index contributed by atoms with van der Waals surface area (Å²) >= 11 is 0. The Morgan fingerprint density at radius 1 is 1.00 bits per heavy atom. The van der Waals surface area contributed by atoms with Crippen molar-refractivity contribution in [2.45, 2.75) is 87.9 Å². The van der Waals surface area contributed by atoms with E-state index in [0.717, 1.165) is 16.9 Å². The molecule has 0 spiro atoms. The third-order valence-corrected chi connectivity index (χ3v) is 13.7. The van der Waals surface area contributed by atoms with Crippen LogP contribution in [0.3, 0.4) is 0 Å². The molecule has 0 aliphatic carbocycles. The molecule has 3 rings (SSSR count). The molecule has 2 aromatic carbocycles. The maximum Gasteiger partial charge on any atom is 0.250 e. The van der Waals surface area contributed by atoms with Gasteiger partial charge in [0, 0.05) is 6.42 Å². The summed E-state index contributed by atoms with van der Waals surface area (Å²) in [4.78, 5) is 0.350. The van der Waals surface area contributed by atoms with Crippen molar-refractivity contribution in [1.29, 1.82) is 0 Å². The number of benzene rings is 2. The Hall–Kier alpha value is -1.67. The molecule has 188 valence electrons. The minimum absolute atomic E-state index is 0.129. The molecule has 1 aliphatic heterocycles. The van der Waals surface area contributed by atoms with Gasteiger partial charge in [-0.25, -0.2) is 8.42 Å². The van der Waals surface area contributed by atoms with Gasteiger partial charge in [0.15, 0.2) is 15.6 Å². The van der Waals surface area contributed by atoms with Gasteiger partial charge < -0.3 is 13.9 Å². The molecule has 0 radical (unpaired) electrons. The van der Waals surface area contributed by atoms with Gasteiger partial charge in [-0.15, -0.1) is 0 Å². The van der Waals surface area contributed by atoms with Crippen molar-refractivity contribution in [3.05, 3.63) is 59.7 Å². The quantitative estimate of drug-likeness (QED) is 0.375. The molecule has 0 amide bonds. The second-order valence-electron chi connectivity index (χ2n) is 11.1. The lowest BCUT2D eigenvalue weighted by atomic mass is 10.0. The Morgan fingerprint density at radius 2 is 1.56 bits per heavy atom. The highest BCUT2D eigenvalue weighted by atomic mass is 32.2. The Bertz CT molecular complexity index is 1050. The van der Waals surface area contributed by atoms with Crippen LogP contribution in [-0.2, 0) is 25.7 Å². The fourth-order valence-corrected chi connectivity index (χ4v) is 6.76. The molecular weight excluding hydrogens is 464 g/mol. The Labute approximate surface area is 206 Å². The third-order valence-electron chi connectivity index (χ3n) is 7.14. The van der Waals surface area contributed by atoms with Crippen LogP contribution in [0.25, 0.3) is 0 Å². The number of rotatable bonds is 9. The molecule has 1 atom stereocenters. The first-order valence-electron chi connectivity index (χ1n) is 12.1. The molecule has 1 aliphatic rings. The normalized spacial score (nSPS) is 17.5. The fourth-order valence-electron chi connectivity index (χ4n) is 3.88. The van der Waals surface area contributed by atoms with E-state index in [-0.39, 0.29) is 5.04 Å². The molecule has 0 bridgehead atoms. The van der Waals surface area contributed by atoms with Gasteiger partial charge in [-0.1, -0.05) is 50.6 Å². The Kier molecular flexibility index (Phi) is 8.02. The van der Waals surface area contributed by atoms with Crippen LogP contribution < -0.4 is 4.43 Å². The highest BCUT2D eigenvalue weighted by molar-refractivity contribution is 7.92. The van der Waals surface area contributed by atoms with Crippen molar-refractivity contribution in [2.75, 3.05) is 13.2 Å². The van der Waals surface area contributed by atoms with Crippen LogP contribution in [-0.4, -0.2) is 41.0 Å². The van der Waals surface area contributed by atoms with E-state index in [9.17, 15) is 8.42 Å². The first kappa shape index (κ1) is 26.9. The molecule has 34 heavy (non-hydrogen) atoms. The summed E-state index contributed by atoms with van der Waals surface area (Å²) in [6.45, 7) is 15.9. The molecule has 1 unspecified atom stereocenters. The maximum absolute atomic E-state index is 13.6. The zero-order valence-electron chi connectivity index (χ0n) is 21.7. The summed E-state index contributed by atoms with van der Waals surface area (Å²) in [6, 6.07) is 15.2. The summed E-state index contributed by atoms with van der Waals surface area (Å²) in [5.41, 5.74) is 2.12. The summed E-state index contributed by atoms with van der Waals surface area (Å²) in [5.74, 6) is 0.00275. The van der Waals surface area contributed by atoms with Crippen LogP contribution >= 0.6 is 0 Å². The average Bonchev–Trinajstić information content (AvgIpc) is 3.17. The highest BCUT2D eigenvalue weighted by Crippen LogP contribution is 2.37. The third kappa shape index (κ3) is 6.50. The lowest BCUT2D eigenvalue weighted by Gasteiger charge is -2.36. The van der Waals surface area contributed by atoms with Crippen molar-refractivity contribution >= 4 is 18.2 Å². The number of hydrogen-bond donors (Lipinski definition) is 0. The minimum atomic E-state index is -3.54. The first-order chi connectivity index (χ1) is 15.7. The summed E-state index contributed by atoms with van der Waals surface area (Å²) in [6.07, 6.45) is 1.43. The van der Waals surface area contributed by atoms with Crippen molar-refractivity contribution < 1.29 is 22.3 Å². The van der Waals surface area contributed by atoms with Gasteiger partial charge in [-0.3, -0.25) is 0 Å². The molecule has 1 heterocycles. The predicted molar refractivity (Wildman–Crippen MR) is 140 cm³/mol. The first-order valence-corrected chi connectivity index (χ1v) is 16.5. The van der Waals surface area contributed by atoms with Gasteiger partial charge >= 0.3 is 0 Å². The molecule has 2 aromatic rings. The molecule has 1 saturated heterocycles. The summed E-state index contributed by atoms with van der Waals surface area (Å²) in [5, 5.41) is -0.481. The van der Waals surface area contributed by atoms with E-state index in [2.05, 4.69) is 33.9 Å². The number of aryl methyl sites for hydroxylation is 2. The van der Waals surface area contributed by atoms with E-state index in [1.54, 1.807) is 12.1 Å². The molecule has 0 N–H and O–H groups in total. The van der Waals surface area contributed by atoms with E-state index >= 15 is 0 Å². The minimum Gasteiger partial charge on any atom is -0.544 e. The molecule has 5 nitrogen and oxygen atoms in total. The Balaban J connectivity index is 1.76. The predicted octanol–water partition coefficient (Wildman–Crippen LogP) is 6.31. The van der Waals surface area contributed by atoms with Crippen LogP contribution in [0.1, 0.15) is 51.7 Å². The van der Waals surface area contributed by atoms with Crippen LogP contribution in [0.15, 0.2) is 53.4 Å². The van der Waals surface area contributed by atoms with Gasteiger partial charge in [-0.2, -0.15) is 0 Å². The lowest BCUT2D eigenvalue weighted by Crippen LogP contribution is -2.43. The van der Waals surface area contributed by atoms with E-state index < -0.39 is 29.2 Å². The summed E-state index contributed by atoms with van der Waals surface area (Å²) < 4.78 is 45.1. The largest absolute Gasteiger partial charge is 0.544 e. The van der Waals surface area contributed by atoms with Crippen LogP contribution in [0.2, 0.25) is 18.1 Å². The molecule has 7 heteroatoms. The summed E-state index contributed by atoms with van der Waals surface area (Å²) in [7, 11) is -5.44. The van der Waals surface area contributed by atoms with Crippen LogP contribution in [0, 0.1) is 6.92 Å². The second-order valence-corrected chi connectivity index (χ2v) is 18.0. The molecule has 1 fully saturated rings. The lowest BCUT2D eigenvalue weighted by molar-refractivity contribution is -0.146. The molecular formula is C27H40O5SSi. The average molecular weight is 505 g/mol. The van der Waals surface area contributed by atoms with Crippen molar-refractivity contribution in [1.82, 2.24) is 0 Å². The van der Waals surface area contributed by atoms with Crippen LogP contribution in [0.4, 0.5) is 0 Å². The maximum atomic E-state index is 13.6. The van der Waals surface area contributed by atoms with Crippen molar-refractivity contribution in [3.63, 3.8) is 0 Å². The molecule has 0 aromatic heterocycles. The van der Waals surface area contributed by atoms with Gasteiger partial charge in [0.1, 0.15) is 5.75 Å². The van der Waals surface area contributed by atoms with E-state index in [0.29, 0.717) is 37.4 Å². The topological polar surface area (TPSA) is 61.8 Å². The number of sulfone groups is 1. The fraction of sp³-hybridized carbons (Fsp3) is 0.556. The van der Waals surface area contributed by atoms with E-state index in [1.165, 1.54) is 0 Å². The van der Waals surface area contributed by atoms with Crippen LogP contribution in [0.5, 0.6) is 5.75 Å². The standard InChI is InChI=1S/C27H40O5SSi/c1-21-8-15-24(16-9-21)33(28,29)25(20-27(5)30-18-19-31-27)17-12-22-10-13-23(14-11-22)32-34(6,7)26(2,3)4/h8-11,13-16,25H,12,17-20H2,1-7H3. The smallest absolute Gasteiger partial charge is 0.250 e. The molecule has 0 saturated carbocycles. The monoisotopic (exact) mass is 504 g/mol. The van der Waals surface area contributed by atoms with Crippen molar-refractivity contribution in [3.8, 4) is 5.75 Å². The van der Waals surface area contributed by atoms with Gasteiger partial charge in [0.2, 0.25) is 8.32 Å². The number of ether oxygens (including phenoxy) is 2. The van der Waals surface area contributed by atoms with E-state index in [4.69, 9.17) is 13.9 Å². The van der Waals surface area contributed by atoms with Gasteiger partial charge in [0.05, 0.1) is 23.4 Å². The van der Waals surface area contributed by atoms with Gasteiger partial charge in [0.25, 0.3) is 0 Å². The SMILES string of the molecule is Cc1ccc(S(=O)(=O)C(CCc2ccc(O[Si](C)(C)C(C)(C)C)cc2)CC2(C)OCCO2)cc1. The van der Waals surface area contributed by atoms with Crippen molar-refractivity contribution in [2.24, 2.45) is 0 Å². The Morgan fingerprint density at radius 3 is 2.09 bits per heavy atom. The highest BCUT2D eigenvalue weighted by Gasteiger charge is 2.40. The van der Waals surface area contributed by atoms with E-state index in [1.807, 2.05) is 50.2 Å². The second kappa shape index (κ2) is 10.1.